The van der Waals surface area contributed by atoms with E-state index in [1.54, 1.807) is 35.2 Å². The van der Waals surface area contributed by atoms with Gasteiger partial charge in [0.2, 0.25) is 0 Å². The van der Waals surface area contributed by atoms with Crippen molar-refractivity contribution in [2.24, 2.45) is 0 Å². The highest BCUT2D eigenvalue weighted by Gasteiger charge is 2.20. The van der Waals surface area contributed by atoms with Crippen LogP contribution in [0, 0.1) is 17.1 Å². The van der Waals surface area contributed by atoms with Crippen LogP contribution in [0.1, 0.15) is 22.9 Å². The second kappa shape index (κ2) is 7.11. The Morgan fingerprint density at radius 3 is 2.92 bits per heavy atom. The van der Waals surface area contributed by atoms with Crippen LogP contribution in [-0.2, 0) is 4.74 Å². The summed E-state index contributed by atoms with van der Waals surface area (Å²) in [7, 11) is 1.44. The van der Waals surface area contributed by atoms with E-state index in [1.807, 2.05) is 6.07 Å². The van der Waals surface area contributed by atoms with Crippen molar-refractivity contribution in [3.05, 3.63) is 65.5 Å². The number of H-pyrrole nitrogens is 1. The molecule has 2 N–H and O–H groups in total. The van der Waals surface area contributed by atoms with Crippen molar-refractivity contribution in [1.29, 1.82) is 5.26 Å². The average molecular weight is 356 g/mol. The van der Waals surface area contributed by atoms with Crippen molar-refractivity contribution < 1.29 is 9.13 Å². The molecule has 0 radical (unpaired) electrons. The molecule has 1 unspecified atom stereocenters. The highest BCUT2D eigenvalue weighted by molar-refractivity contribution is 7.80. The second-order valence-electron chi connectivity index (χ2n) is 5.09. The number of halogens is 1. The molecule has 3 rings (SSSR count). The number of nitrogens with zero attached hydrogens (tertiary/aromatic N) is 4. The van der Waals surface area contributed by atoms with E-state index < -0.39 is 11.9 Å². The summed E-state index contributed by atoms with van der Waals surface area (Å²) in [5.74, 6) is -0.448. The smallest absolute Gasteiger partial charge is 0.257 e. The first-order chi connectivity index (χ1) is 12.1. The van der Waals surface area contributed by atoms with Gasteiger partial charge in [0.05, 0.1) is 24.6 Å². The molecule has 1 atom stereocenters. The van der Waals surface area contributed by atoms with Crippen LogP contribution in [0.2, 0.25) is 0 Å². The molecule has 3 aromatic rings. The Bertz CT molecular complexity index is 931. The van der Waals surface area contributed by atoms with Crippen LogP contribution in [0.4, 0.5) is 4.39 Å². The van der Waals surface area contributed by atoms with E-state index in [1.165, 1.54) is 19.4 Å². The number of aromatic nitrogens is 4. The van der Waals surface area contributed by atoms with Gasteiger partial charge in [-0.25, -0.2) is 4.39 Å². The number of rotatable bonds is 4. The minimum atomic E-state index is -0.519. The quantitative estimate of drug-likeness (QED) is 0.697. The van der Waals surface area contributed by atoms with Crippen molar-refractivity contribution in [3.8, 4) is 11.8 Å². The maximum Gasteiger partial charge on any atom is 0.257 e. The fraction of sp³-hybridized carbons (Fsp3) is 0.125. The predicted octanol–water partition coefficient (Wildman–Crippen LogP) is 2.22. The first-order valence-electron chi connectivity index (χ1n) is 7.20. The number of methoxy groups -OCH3 is 1. The van der Waals surface area contributed by atoms with Gasteiger partial charge in [-0.3, -0.25) is 0 Å². The number of hydrogen-bond donors (Lipinski definition) is 2. The fourth-order valence-corrected chi connectivity index (χ4v) is 2.50. The summed E-state index contributed by atoms with van der Waals surface area (Å²) >= 11 is 5.04. The molecule has 25 heavy (non-hydrogen) atoms. The summed E-state index contributed by atoms with van der Waals surface area (Å²) in [4.78, 5) is 0. The van der Waals surface area contributed by atoms with Crippen LogP contribution in [0.3, 0.4) is 0 Å². The van der Waals surface area contributed by atoms with Gasteiger partial charge < -0.3 is 14.6 Å². The molecule has 126 valence electrons. The number of thiocarbonyl (C=S) groups is 1. The Morgan fingerprint density at radius 2 is 2.32 bits per heavy atom. The fourth-order valence-electron chi connectivity index (χ4n) is 2.38. The summed E-state index contributed by atoms with van der Waals surface area (Å²) in [6.45, 7) is 0. The lowest BCUT2D eigenvalue weighted by atomic mass is 10.0. The molecule has 0 bridgehead atoms. The second-order valence-corrected chi connectivity index (χ2v) is 5.46. The lowest BCUT2D eigenvalue weighted by Crippen LogP contribution is -2.29. The normalized spacial score (nSPS) is 11.6. The molecule has 0 saturated heterocycles. The zero-order valence-electron chi connectivity index (χ0n) is 13.1. The Kier molecular flexibility index (Phi) is 4.72. The Morgan fingerprint density at radius 1 is 1.48 bits per heavy atom. The molecular weight excluding hydrogens is 343 g/mol. The maximum absolute atomic E-state index is 14.6. The van der Waals surface area contributed by atoms with Gasteiger partial charge in [0.1, 0.15) is 23.6 Å². The third kappa shape index (κ3) is 3.49. The monoisotopic (exact) mass is 356 g/mol. The van der Waals surface area contributed by atoms with Crippen molar-refractivity contribution in [2.45, 2.75) is 6.04 Å². The molecule has 0 aliphatic rings. The maximum atomic E-state index is 14.6. The van der Waals surface area contributed by atoms with E-state index in [4.69, 9.17) is 22.2 Å². The molecular formula is C16H13FN6OS. The topological polar surface area (TPSA) is 91.5 Å². The van der Waals surface area contributed by atoms with Crippen LogP contribution >= 0.6 is 12.2 Å². The Hall–Kier alpha value is -3.25. The van der Waals surface area contributed by atoms with Crippen LogP contribution in [0.5, 0.6) is 0 Å². The van der Waals surface area contributed by atoms with Crippen LogP contribution in [0.25, 0.3) is 5.69 Å². The van der Waals surface area contributed by atoms with Gasteiger partial charge in [0.15, 0.2) is 0 Å². The summed E-state index contributed by atoms with van der Waals surface area (Å²) < 4.78 is 21.2. The molecule has 1 aromatic carbocycles. The highest BCUT2D eigenvalue weighted by atomic mass is 32.1. The van der Waals surface area contributed by atoms with Crippen molar-refractivity contribution in [2.75, 3.05) is 7.11 Å². The van der Waals surface area contributed by atoms with Gasteiger partial charge in [-0.1, -0.05) is 6.07 Å². The number of nitriles is 1. The van der Waals surface area contributed by atoms with Crippen LogP contribution < -0.4 is 5.32 Å². The SMILES string of the molecule is COC(=S)NC(c1ccc(-n2ccc(C#N)c2)c(F)c1)c1cn[nH]n1. The number of aromatic amines is 1. The van der Waals surface area contributed by atoms with Crippen LogP contribution in [-0.4, -0.2) is 32.3 Å². The van der Waals surface area contributed by atoms with Gasteiger partial charge >= 0.3 is 0 Å². The third-order valence-electron chi connectivity index (χ3n) is 3.58. The summed E-state index contributed by atoms with van der Waals surface area (Å²) in [6, 6.07) is 7.86. The summed E-state index contributed by atoms with van der Waals surface area (Å²) in [5, 5.41) is 22.3. The molecule has 0 fully saturated rings. The molecule has 0 spiro atoms. The molecule has 2 aromatic heterocycles. The van der Waals surface area contributed by atoms with Crippen molar-refractivity contribution in [3.63, 3.8) is 0 Å². The number of nitrogens with one attached hydrogen (secondary N) is 2. The Labute approximate surface area is 148 Å². The van der Waals surface area contributed by atoms with E-state index in [0.29, 0.717) is 22.5 Å². The van der Waals surface area contributed by atoms with Gasteiger partial charge in [-0.15, -0.1) is 0 Å². The zero-order chi connectivity index (χ0) is 17.8. The standard InChI is InChI=1S/C16H13FN6OS/c1-24-16(25)20-15(13-8-19-22-21-13)11-2-3-14(12(17)6-11)23-5-4-10(7-18)9-23/h2-6,8-9,15H,1H3,(H,20,25)(H,19,21,22). The minimum Gasteiger partial charge on any atom is -0.474 e. The molecule has 9 heteroatoms. The first-order valence-corrected chi connectivity index (χ1v) is 7.61. The average Bonchev–Trinajstić information content (AvgIpc) is 3.30. The summed E-state index contributed by atoms with van der Waals surface area (Å²) in [5.41, 5.74) is 1.93. The molecule has 0 amide bonds. The largest absolute Gasteiger partial charge is 0.474 e. The van der Waals surface area contributed by atoms with Gasteiger partial charge in [-0.2, -0.15) is 20.7 Å². The lowest BCUT2D eigenvalue weighted by Gasteiger charge is -2.18. The highest BCUT2D eigenvalue weighted by Crippen LogP contribution is 2.24. The lowest BCUT2D eigenvalue weighted by molar-refractivity contribution is 0.387. The van der Waals surface area contributed by atoms with E-state index in [0.717, 1.165) is 0 Å². The molecule has 7 nitrogen and oxygen atoms in total. The first kappa shape index (κ1) is 16.6. The van der Waals surface area contributed by atoms with Crippen LogP contribution in [0.15, 0.2) is 42.9 Å². The van der Waals surface area contributed by atoms with Crippen molar-refractivity contribution in [1.82, 2.24) is 25.3 Å². The number of benzene rings is 1. The molecule has 0 saturated carbocycles. The van der Waals surface area contributed by atoms with E-state index >= 15 is 0 Å². The number of ether oxygens (including phenoxy) is 1. The molecule has 2 heterocycles. The van der Waals surface area contributed by atoms with Gasteiger partial charge in [-0.05, 0) is 36.0 Å². The van der Waals surface area contributed by atoms with Gasteiger partial charge in [0, 0.05) is 12.4 Å². The van der Waals surface area contributed by atoms with Gasteiger partial charge in [0.25, 0.3) is 5.17 Å². The van der Waals surface area contributed by atoms with E-state index in [-0.39, 0.29) is 5.17 Å². The molecule has 0 aliphatic carbocycles. The van der Waals surface area contributed by atoms with Crippen molar-refractivity contribution >= 4 is 17.4 Å². The Balaban J connectivity index is 1.96. The minimum absolute atomic E-state index is 0.154. The predicted molar refractivity (Wildman–Crippen MR) is 91.4 cm³/mol. The number of hydrogen-bond acceptors (Lipinski definition) is 5. The van der Waals surface area contributed by atoms with E-state index in [9.17, 15) is 4.39 Å². The molecule has 0 aliphatic heterocycles. The third-order valence-corrected chi connectivity index (χ3v) is 3.87. The van der Waals surface area contributed by atoms with E-state index in [2.05, 4.69) is 20.7 Å². The zero-order valence-corrected chi connectivity index (χ0v) is 13.9. The summed E-state index contributed by atoms with van der Waals surface area (Å²) in [6.07, 6.45) is 4.71.